The maximum Gasteiger partial charge on any atom is 0.245 e. The van der Waals surface area contributed by atoms with Gasteiger partial charge in [-0.15, -0.1) is 0 Å². The summed E-state index contributed by atoms with van der Waals surface area (Å²) in [6, 6.07) is 0.0127. The second-order valence-corrected chi connectivity index (χ2v) is 4.90. The highest BCUT2D eigenvalue weighted by molar-refractivity contribution is 5.91. The zero-order chi connectivity index (χ0) is 12.3. The van der Waals surface area contributed by atoms with Crippen molar-refractivity contribution in [2.45, 2.75) is 44.2 Å². The quantitative estimate of drug-likeness (QED) is 0.721. The topological polar surface area (TPSA) is 61.4 Å². The van der Waals surface area contributed by atoms with E-state index in [0.29, 0.717) is 18.9 Å². The SMILES string of the molecule is CNCC1CCCCN1C(=O)[C@H]1CCC(=O)N1. The van der Waals surface area contributed by atoms with Crippen molar-refractivity contribution in [2.75, 3.05) is 20.1 Å². The number of carbonyl (C=O) groups is 2. The number of nitrogens with zero attached hydrogens (tertiary/aromatic N) is 1. The molecule has 2 heterocycles. The van der Waals surface area contributed by atoms with E-state index in [4.69, 9.17) is 0 Å². The lowest BCUT2D eigenvalue weighted by atomic mass is 10.0. The fraction of sp³-hybridized carbons (Fsp3) is 0.833. The van der Waals surface area contributed by atoms with Crippen LogP contribution in [-0.4, -0.2) is 48.9 Å². The number of piperidine rings is 1. The van der Waals surface area contributed by atoms with Crippen LogP contribution in [0.5, 0.6) is 0 Å². The Bertz CT molecular complexity index is 304. The molecule has 0 bridgehead atoms. The van der Waals surface area contributed by atoms with Gasteiger partial charge < -0.3 is 15.5 Å². The summed E-state index contributed by atoms with van der Waals surface area (Å²) >= 11 is 0. The van der Waals surface area contributed by atoms with Crippen LogP contribution in [0.4, 0.5) is 0 Å². The largest absolute Gasteiger partial charge is 0.344 e. The molecule has 96 valence electrons. The minimum Gasteiger partial charge on any atom is -0.344 e. The molecule has 0 aromatic carbocycles. The molecule has 5 heteroatoms. The molecule has 0 saturated carbocycles. The summed E-state index contributed by atoms with van der Waals surface area (Å²) in [7, 11) is 1.91. The first-order chi connectivity index (χ1) is 8.22. The molecule has 0 spiro atoms. The zero-order valence-electron chi connectivity index (χ0n) is 10.4. The lowest BCUT2D eigenvalue weighted by Gasteiger charge is -2.37. The van der Waals surface area contributed by atoms with Gasteiger partial charge in [0.1, 0.15) is 6.04 Å². The van der Waals surface area contributed by atoms with E-state index in [-0.39, 0.29) is 17.9 Å². The maximum atomic E-state index is 12.3. The molecule has 17 heavy (non-hydrogen) atoms. The van der Waals surface area contributed by atoms with Crippen LogP contribution < -0.4 is 10.6 Å². The van der Waals surface area contributed by atoms with E-state index in [1.165, 1.54) is 6.42 Å². The fourth-order valence-electron chi connectivity index (χ4n) is 2.74. The van der Waals surface area contributed by atoms with Crippen LogP contribution in [0.1, 0.15) is 32.1 Å². The van der Waals surface area contributed by atoms with Gasteiger partial charge in [-0.05, 0) is 32.7 Å². The lowest BCUT2D eigenvalue weighted by Crippen LogP contribution is -2.53. The normalized spacial score (nSPS) is 29.2. The Morgan fingerprint density at radius 3 is 2.94 bits per heavy atom. The van der Waals surface area contributed by atoms with Crippen molar-refractivity contribution in [3.63, 3.8) is 0 Å². The number of nitrogens with one attached hydrogen (secondary N) is 2. The van der Waals surface area contributed by atoms with Crippen molar-refractivity contribution in [3.8, 4) is 0 Å². The van der Waals surface area contributed by atoms with E-state index in [0.717, 1.165) is 25.9 Å². The van der Waals surface area contributed by atoms with E-state index < -0.39 is 0 Å². The highest BCUT2D eigenvalue weighted by Gasteiger charge is 2.34. The Balaban J connectivity index is 1.98. The van der Waals surface area contributed by atoms with Gasteiger partial charge in [-0.1, -0.05) is 0 Å². The smallest absolute Gasteiger partial charge is 0.245 e. The first-order valence-electron chi connectivity index (χ1n) is 6.47. The van der Waals surface area contributed by atoms with E-state index in [1.807, 2.05) is 11.9 Å². The van der Waals surface area contributed by atoms with Crippen molar-refractivity contribution in [1.82, 2.24) is 15.5 Å². The molecule has 2 atom stereocenters. The minimum atomic E-state index is -0.278. The average Bonchev–Trinajstić information content (AvgIpc) is 2.76. The average molecular weight is 239 g/mol. The molecule has 2 saturated heterocycles. The summed E-state index contributed by atoms with van der Waals surface area (Å²) in [6.07, 6.45) is 4.47. The predicted octanol–water partition coefficient (Wildman–Crippen LogP) is -0.134. The molecule has 2 rings (SSSR count). The zero-order valence-corrected chi connectivity index (χ0v) is 10.4. The van der Waals surface area contributed by atoms with Gasteiger partial charge in [-0.25, -0.2) is 0 Å². The molecule has 0 aromatic rings. The Hall–Kier alpha value is -1.10. The molecule has 2 fully saturated rings. The number of hydrogen-bond donors (Lipinski definition) is 2. The molecule has 0 aromatic heterocycles. The van der Waals surface area contributed by atoms with Gasteiger partial charge in [0.15, 0.2) is 0 Å². The second kappa shape index (κ2) is 5.49. The standard InChI is InChI=1S/C12H21N3O2/c1-13-8-9-4-2-3-7-15(9)12(17)10-5-6-11(16)14-10/h9-10,13H,2-8H2,1H3,(H,14,16)/t9?,10-/m1/s1. The summed E-state index contributed by atoms with van der Waals surface area (Å²) < 4.78 is 0. The van der Waals surface area contributed by atoms with Crippen LogP contribution in [-0.2, 0) is 9.59 Å². The number of rotatable bonds is 3. The minimum absolute atomic E-state index is 0.00512. The lowest BCUT2D eigenvalue weighted by molar-refractivity contribution is -0.137. The number of likely N-dealkylation sites (tertiary alicyclic amines) is 1. The van der Waals surface area contributed by atoms with Gasteiger partial charge in [0.2, 0.25) is 11.8 Å². The molecule has 2 aliphatic heterocycles. The van der Waals surface area contributed by atoms with Gasteiger partial charge >= 0.3 is 0 Å². The Kier molecular flexibility index (Phi) is 3.99. The highest BCUT2D eigenvalue weighted by Crippen LogP contribution is 2.19. The third-order valence-electron chi connectivity index (χ3n) is 3.64. The molecule has 2 amide bonds. The number of likely N-dealkylation sites (N-methyl/N-ethyl adjacent to an activating group) is 1. The van der Waals surface area contributed by atoms with E-state index in [2.05, 4.69) is 10.6 Å². The first kappa shape index (κ1) is 12.4. The van der Waals surface area contributed by atoms with Gasteiger partial charge in [-0.2, -0.15) is 0 Å². The molecule has 0 aliphatic carbocycles. The van der Waals surface area contributed by atoms with E-state index >= 15 is 0 Å². The summed E-state index contributed by atoms with van der Waals surface area (Å²) in [5.41, 5.74) is 0. The first-order valence-corrected chi connectivity index (χ1v) is 6.47. The number of hydrogen-bond acceptors (Lipinski definition) is 3. The number of amides is 2. The van der Waals surface area contributed by atoms with Crippen LogP contribution in [0, 0.1) is 0 Å². The summed E-state index contributed by atoms with van der Waals surface area (Å²) in [5, 5.41) is 5.90. The molecular weight excluding hydrogens is 218 g/mol. The summed E-state index contributed by atoms with van der Waals surface area (Å²) in [4.78, 5) is 25.4. The Morgan fingerprint density at radius 1 is 1.47 bits per heavy atom. The van der Waals surface area contributed by atoms with Gasteiger partial charge in [0.05, 0.1) is 0 Å². The van der Waals surface area contributed by atoms with Crippen molar-refractivity contribution < 1.29 is 9.59 Å². The van der Waals surface area contributed by atoms with Gasteiger partial charge in [-0.3, -0.25) is 9.59 Å². The molecule has 1 unspecified atom stereocenters. The molecule has 2 aliphatic rings. The molecule has 2 N–H and O–H groups in total. The molecule has 5 nitrogen and oxygen atoms in total. The van der Waals surface area contributed by atoms with Crippen LogP contribution >= 0.6 is 0 Å². The van der Waals surface area contributed by atoms with Crippen molar-refractivity contribution in [2.24, 2.45) is 0 Å². The molecular formula is C12H21N3O2. The van der Waals surface area contributed by atoms with Crippen LogP contribution in [0.15, 0.2) is 0 Å². The summed E-state index contributed by atoms with van der Waals surface area (Å²) in [6.45, 7) is 1.67. The predicted molar refractivity (Wildman–Crippen MR) is 64.4 cm³/mol. The van der Waals surface area contributed by atoms with Gasteiger partial charge in [0.25, 0.3) is 0 Å². The van der Waals surface area contributed by atoms with Gasteiger partial charge in [0, 0.05) is 25.6 Å². The van der Waals surface area contributed by atoms with Crippen molar-refractivity contribution >= 4 is 11.8 Å². The third-order valence-corrected chi connectivity index (χ3v) is 3.64. The van der Waals surface area contributed by atoms with Crippen LogP contribution in [0.2, 0.25) is 0 Å². The van der Waals surface area contributed by atoms with Crippen molar-refractivity contribution in [1.29, 1.82) is 0 Å². The van der Waals surface area contributed by atoms with E-state index in [1.54, 1.807) is 0 Å². The number of carbonyl (C=O) groups excluding carboxylic acids is 2. The monoisotopic (exact) mass is 239 g/mol. The van der Waals surface area contributed by atoms with E-state index in [9.17, 15) is 9.59 Å². The Labute approximate surface area is 102 Å². The highest BCUT2D eigenvalue weighted by atomic mass is 16.2. The molecule has 0 radical (unpaired) electrons. The fourth-order valence-corrected chi connectivity index (χ4v) is 2.74. The Morgan fingerprint density at radius 2 is 2.29 bits per heavy atom. The second-order valence-electron chi connectivity index (χ2n) is 4.90. The third kappa shape index (κ3) is 2.77. The maximum absolute atomic E-state index is 12.3. The summed E-state index contributed by atoms with van der Waals surface area (Å²) in [5.74, 6) is 0.112. The van der Waals surface area contributed by atoms with Crippen LogP contribution in [0.3, 0.4) is 0 Å². The van der Waals surface area contributed by atoms with Crippen molar-refractivity contribution in [3.05, 3.63) is 0 Å². The van der Waals surface area contributed by atoms with Crippen LogP contribution in [0.25, 0.3) is 0 Å².